The Labute approximate surface area is 121 Å². The fourth-order valence-electron chi connectivity index (χ4n) is 6.99. The van der Waals surface area contributed by atoms with Crippen LogP contribution in [0.1, 0.15) is 70.6 Å². The summed E-state index contributed by atoms with van der Waals surface area (Å²) < 4.78 is 0. The first-order valence-electron chi connectivity index (χ1n) is 8.58. The molecule has 4 bridgehead atoms. The topological polar surface area (TPSA) is 40.9 Å². The maximum Gasteiger partial charge on any atom is 0.139 e. The number of hydrogen-bond donors (Lipinski definition) is 0. The van der Waals surface area contributed by atoms with Gasteiger partial charge in [-0.1, -0.05) is 0 Å². The van der Waals surface area contributed by atoms with E-state index in [1.807, 2.05) is 0 Å². The summed E-state index contributed by atoms with van der Waals surface area (Å²) in [6, 6.07) is 2.32. The molecule has 0 aromatic carbocycles. The van der Waals surface area contributed by atoms with Crippen molar-refractivity contribution in [2.24, 2.45) is 28.6 Å². The number of nitrogens with zero attached hydrogens (tertiary/aromatic N) is 1. The van der Waals surface area contributed by atoms with E-state index >= 15 is 0 Å². The molecule has 0 spiro atoms. The zero-order valence-electron chi connectivity index (χ0n) is 12.4. The molecule has 1 unspecified atom stereocenters. The minimum atomic E-state index is -0.0985. The van der Waals surface area contributed by atoms with Crippen molar-refractivity contribution in [2.45, 2.75) is 70.6 Å². The number of rotatable bonds is 3. The molecule has 1 atom stereocenters. The van der Waals surface area contributed by atoms with E-state index in [0.29, 0.717) is 17.6 Å². The van der Waals surface area contributed by atoms with Crippen LogP contribution in [0.3, 0.4) is 0 Å². The molecule has 5 aliphatic carbocycles. The molecule has 0 aromatic heterocycles. The highest BCUT2D eigenvalue weighted by molar-refractivity contribution is 5.87. The molecule has 20 heavy (non-hydrogen) atoms. The summed E-state index contributed by atoms with van der Waals surface area (Å²) in [4.78, 5) is 12.8. The maximum atomic E-state index is 12.8. The van der Waals surface area contributed by atoms with Crippen molar-refractivity contribution >= 4 is 5.78 Å². The molecular formula is C18H25NO. The lowest BCUT2D eigenvalue weighted by atomic mass is 9.41. The van der Waals surface area contributed by atoms with Crippen LogP contribution in [0.15, 0.2) is 0 Å². The molecule has 2 nitrogen and oxygen atoms in total. The quantitative estimate of drug-likeness (QED) is 0.770. The van der Waals surface area contributed by atoms with Gasteiger partial charge in [-0.05, 0) is 81.0 Å². The SMILES string of the molecule is N#CCCC1(C23CC4CC(CC(C4)C2)C3)CCCC1=O. The standard InChI is InChI=1S/C18H25NO/c19-6-2-5-18(4-1-3-16(18)20)17-10-13-7-14(11-17)9-15(8-13)12-17/h13-15H,1-5,7-12H2. The van der Waals surface area contributed by atoms with Gasteiger partial charge in [-0.15, -0.1) is 0 Å². The van der Waals surface area contributed by atoms with Gasteiger partial charge < -0.3 is 0 Å². The van der Waals surface area contributed by atoms with Gasteiger partial charge in [0.25, 0.3) is 0 Å². The van der Waals surface area contributed by atoms with Crippen LogP contribution in [-0.2, 0) is 4.79 Å². The van der Waals surface area contributed by atoms with Crippen molar-refractivity contribution in [3.63, 3.8) is 0 Å². The van der Waals surface area contributed by atoms with Gasteiger partial charge in [-0.25, -0.2) is 0 Å². The van der Waals surface area contributed by atoms with E-state index in [-0.39, 0.29) is 5.41 Å². The number of carbonyl (C=O) groups is 1. The van der Waals surface area contributed by atoms with Crippen molar-refractivity contribution in [3.8, 4) is 6.07 Å². The molecule has 0 aliphatic heterocycles. The van der Waals surface area contributed by atoms with E-state index in [4.69, 9.17) is 5.26 Å². The predicted molar refractivity (Wildman–Crippen MR) is 76.7 cm³/mol. The maximum absolute atomic E-state index is 12.8. The van der Waals surface area contributed by atoms with Gasteiger partial charge in [0.1, 0.15) is 5.78 Å². The first kappa shape index (κ1) is 12.9. The van der Waals surface area contributed by atoms with E-state index in [2.05, 4.69) is 6.07 Å². The molecule has 108 valence electrons. The van der Waals surface area contributed by atoms with E-state index in [1.54, 1.807) is 0 Å². The van der Waals surface area contributed by atoms with Gasteiger partial charge in [0.15, 0.2) is 0 Å². The van der Waals surface area contributed by atoms with Crippen LogP contribution < -0.4 is 0 Å². The van der Waals surface area contributed by atoms with Crippen molar-refractivity contribution in [2.75, 3.05) is 0 Å². The molecule has 0 amide bonds. The number of ketones is 1. The summed E-state index contributed by atoms with van der Waals surface area (Å²) >= 11 is 0. The minimum Gasteiger partial charge on any atom is -0.299 e. The Morgan fingerprint density at radius 3 is 2.15 bits per heavy atom. The van der Waals surface area contributed by atoms with Crippen LogP contribution in [-0.4, -0.2) is 5.78 Å². The highest BCUT2D eigenvalue weighted by atomic mass is 16.1. The fraction of sp³-hybridized carbons (Fsp3) is 0.889. The molecule has 0 heterocycles. The van der Waals surface area contributed by atoms with Crippen molar-refractivity contribution in [1.29, 1.82) is 5.26 Å². The number of hydrogen-bond acceptors (Lipinski definition) is 2. The third kappa shape index (κ3) is 1.59. The van der Waals surface area contributed by atoms with E-state index in [9.17, 15) is 4.79 Å². The zero-order chi connectivity index (χ0) is 13.8. The van der Waals surface area contributed by atoms with Crippen LogP contribution >= 0.6 is 0 Å². The molecule has 2 heteroatoms. The van der Waals surface area contributed by atoms with Crippen molar-refractivity contribution in [1.82, 2.24) is 0 Å². The number of Topliss-reactive ketones (excluding diaryl/α,β-unsaturated/α-hetero) is 1. The average Bonchev–Trinajstić information content (AvgIpc) is 2.77. The van der Waals surface area contributed by atoms with E-state index in [1.165, 1.54) is 38.5 Å². The molecule has 0 radical (unpaired) electrons. The molecule has 5 rings (SSSR count). The Balaban J connectivity index is 1.72. The monoisotopic (exact) mass is 271 g/mol. The average molecular weight is 271 g/mol. The third-order valence-electron chi connectivity index (χ3n) is 7.26. The molecular weight excluding hydrogens is 246 g/mol. The highest BCUT2D eigenvalue weighted by Gasteiger charge is 2.63. The summed E-state index contributed by atoms with van der Waals surface area (Å²) in [7, 11) is 0. The van der Waals surface area contributed by atoms with E-state index in [0.717, 1.165) is 43.4 Å². The minimum absolute atomic E-state index is 0.0985. The lowest BCUT2D eigenvalue weighted by Crippen LogP contribution is -2.56. The molecule has 5 aliphatic rings. The van der Waals surface area contributed by atoms with Gasteiger partial charge in [0, 0.05) is 18.3 Å². The van der Waals surface area contributed by atoms with Crippen LogP contribution in [0.2, 0.25) is 0 Å². The first-order chi connectivity index (χ1) is 9.67. The highest BCUT2D eigenvalue weighted by Crippen LogP contribution is 2.69. The largest absolute Gasteiger partial charge is 0.299 e. The Hall–Kier alpha value is -0.840. The summed E-state index contributed by atoms with van der Waals surface area (Å²) in [5.41, 5.74) is 0.199. The summed E-state index contributed by atoms with van der Waals surface area (Å²) in [6.07, 6.45) is 12.6. The summed E-state index contributed by atoms with van der Waals surface area (Å²) in [6.45, 7) is 0. The fourth-order valence-corrected chi connectivity index (χ4v) is 6.99. The van der Waals surface area contributed by atoms with Crippen LogP contribution in [0, 0.1) is 39.9 Å². The Morgan fingerprint density at radius 2 is 1.70 bits per heavy atom. The normalized spacial score (nSPS) is 49.5. The molecule has 5 fully saturated rings. The number of nitriles is 1. The van der Waals surface area contributed by atoms with Crippen LogP contribution in [0.4, 0.5) is 0 Å². The predicted octanol–water partition coefficient (Wildman–Crippen LogP) is 4.25. The van der Waals surface area contributed by atoms with Crippen LogP contribution in [0.25, 0.3) is 0 Å². The Bertz CT molecular complexity index is 439. The smallest absolute Gasteiger partial charge is 0.139 e. The number of carbonyl (C=O) groups excluding carboxylic acids is 1. The summed E-state index contributed by atoms with van der Waals surface area (Å²) in [5.74, 6) is 3.21. The van der Waals surface area contributed by atoms with Gasteiger partial charge >= 0.3 is 0 Å². The second-order valence-corrected chi connectivity index (χ2v) is 8.21. The van der Waals surface area contributed by atoms with Gasteiger partial charge in [-0.3, -0.25) is 4.79 Å². The van der Waals surface area contributed by atoms with E-state index < -0.39 is 0 Å². The first-order valence-corrected chi connectivity index (χ1v) is 8.58. The molecule has 0 aromatic rings. The third-order valence-corrected chi connectivity index (χ3v) is 7.26. The lowest BCUT2D eigenvalue weighted by Gasteiger charge is -2.62. The Kier molecular flexibility index (Phi) is 2.78. The van der Waals surface area contributed by atoms with Crippen molar-refractivity contribution in [3.05, 3.63) is 0 Å². The second-order valence-electron chi connectivity index (χ2n) is 8.21. The van der Waals surface area contributed by atoms with Gasteiger partial charge in [0.2, 0.25) is 0 Å². The molecule has 0 N–H and O–H groups in total. The summed E-state index contributed by atoms with van der Waals surface area (Å²) in [5, 5.41) is 9.05. The zero-order valence-corrected chi connectivity index (χ0v) is 12.4. The Morgan fingerprint density at radius 1 is 1.10 bits per heavy atom. The lowest BCUT2D eigenvalue weighted by molar-refractivity contribution is -0.158. The van der Waals surface area contributed by atoms with Gasteiger partial charge in [-0.2, -0.15) is 5.26 Å². The second kappa shape index (κ2) is 4.33. The molecule has 5 saturated carbocycles. The van der Waals surface area contributed by atoms with Crippen LogP contribution in [0.5, 0.6) is 0 Å². The molecule has 0 saturated heterocycles. The van der Waals surface area contributed by atoms with Crippen molar-refractivity contribution < 1.29 is 4.79 Å². The van der Waals surface area contributed by atoms with Gasteiger partial charge in [0.05, 0.1) is 6.07 Å².